The first-order valence-corrected chi connectivity index (χ1v) is 11.1. The maximum atomic E-state index is 12.8. The lowest BCUT2D eigenvalue weighted by Crippen LogP contribution is -2.40. The van der Waals surface area contributed by atoms with E-state index in [-0.39, 0.29) is 17.6 Å². The Morgan fingerprint density at radius 2 is 1.88 bits per heavy atom. The Kier molecular flexibility index (Phi) is 6.44. The molecule has 5 nitrogen and oxygen atoms in total. The third-order valence-corrected chi connectivity index (χ3v) is 6.25. The largest absolute Gasteiger partial charge is 0.434 e. The summed E-state index contributed by atoms with van der Waals surface area (Å²) in [6.07, 6.45) is 1.87. The van der Waals surface area contributed by atoms with E-state index in [2.05, 4.69) is 17.1 Å². The number of aromatic nitrogens is 2. The van der Waals surface area contributed by atoms with Crippen molar-refractivity contribution >= 4 is 16.9 Å². The predicted octanol–water partition coefficient (Wildman–Crippen LogP) is 5.36. The number of rotatable bonds is 6. The van der Waals surface area contributed by atoms with Crippen LogP contribution >= 0.6 is 0 Å². The zero-order chi connectivity index (χ0) is 22.8. The molecule has 2 aromatic carbocycles. The van der Waals surface area contributed by atoms with E-state index < -0.39 is 6.61 Å². The number of benzene rings is 2. The van der Waals surface area contributed by atoms with Gasteiger partial charge in [-0.2, -0.15) is 8.78 Å². The van der Waals surface area contributed by atoms with Crippen LogP contribution in [0.3, 0.4) is 0 Å². The second-order valence-electron chi connectivity index (χ2n) is 8.73. The number of amides is 1. The van der Waals surface area contributed by atoms with Crippen LogP contribution in [0.2, 0.25) is 0 Å². The average molecular weight is 442 g/mol. The van der Waals surface area contributed by atoms with Crippen molar-refractivity contribution in [3.8, 4) is 5.75 Å². The number of fused-ring (bicyclic) bond motifs is 1. The van der Waals surface area contributed by atoms with E-state index in [1.165, 1.54) is 5.56 Å². The third kappa shape index (κ3) is 4.61. The van der Waals surface area contributed by atoms with Crippen molar-refractivity contribution in [2.45, 2.75) is 52.7 Å². The van der Waals surface area contributed by atoms with Crippen LogP contribution in [0.25, 0.3) is 11.0 Å². The second kappa shape index (κ2) is 9.27. The first kappa shape index (κ1) is 22.2. The van der Waals surface area contributed by atoms with Gasteiger partial charge in [-0.25, -0.2) is 4.98 Å². The molecule has 0 unspecified atom stereocenters. The van der Waals surface area contributed by atoms with Crippen molar-refractivity contribution < 1.29 is 18.3 Å². The van der Waals surface area contributed by atoms with Crippen molar-refractivity contribution in [3.63, 3.8) is 0 Å². The normalized spacial score (nSPS) is 15.2. The SMILES string of the molecule is Cc1nc2ccc(C3CCN(C(=O)C(C)C)CC3)cc2n1Cc1ccccc1OC(F)F. The van der Waals surface area contributed by atoms with E-state index in [4.69, 9.17) is 4.74 Å². The first-order chi connectivity index (χ1) is 15.3. The van der Waals surface area contributed by atoms with Gasteiger partial charge in [0.1, 0.15) is 11.6 Å². The number of likely N-dealkylation sites (tertiary alicyclic amines) is 1. The monoisotopic (exact) mass is 441 g/mol. The number of imidazole rings is 1. The fraction of sp³-hybridized carbons (Fsp3) is 0.440. The number of hydrogen-bond donors (Lipinski definition) is 0. The molecule has 1 saturated heterocycles. The highest BCUT2D eigenvalue weighted by Gasteiger charge is 2.25. The van der Waals surface area contributed by atoms with E-state index in [9.17, 15) is 13.6 Å². The second-order valence-corrected chi connectivity index (χ2v) is 8.73. The van der Waals surface area contributed by atoms with Crippen molar-refractivity contribution in [2.24, 2.45) is 5.92 Å². The zero-order valence-corrected chi connectivity index (χ0v) is 18.7. The minimum Gasteiger partial charge on any atom is -0.434 e. The van der Waals surface area contributed by atoms with E-state index in [1.54, 1.807) is 18.2 Å². The van der Waals surface area contributed by atoms with Crippen LogP contribution < -0.4 is 4.74 Å². The number of ether oxygens (including phenoxy) is 1. The molecule has 0 aliphatic carbocycles. The molecule has 4 rings (SSSR count). The lowest BCUT2D eigenvalue weighted by molar-refractivity contribution is -0.135. The highest BCUT2D eigenvalue weighted by molar-refractivity contribution is 5.78. The predicted molar refractivity (Wildman–Crippen MR) is 120 cm³/mol. The zero-order valence-electron chi connectivity index (χ0n) is 18.7. The van der Waals surface area contributed by atoms with Gasteiger partial charge in [0.2, 0.25) is 5.91 Å². The summed E-state index contributed by atoms with van der Waals surface area (Å²) in [7, 11) is 0. The molecule has 0 radical (unpaired) electrons. The molecule has 0 N–H and O–H groups in total. The van der Waals surface area contributed by atoms with E-state index in [0.717, 1.165) is 42.8 Å². The van der Waals surface area contributed by atoms with Crippen LogP contribution in [-0.2, 0) is 11.3 Å². The minimum absolute atomic E-state index is 0.0251. The standard InChI is InChI=1S/C25H29F2N3O2/c1-16(2)24(31)29-12-10-18(11-13-29)19-8-9-21-22(14-19)30(17(3)28-21)15-20-6-4-5-7-23(20)32-25(26)27/h4-9,14,16,18,25H,10-13,15H2,1-3H3. The molecule has 32 heavy (non-hydrogen) atoms. The maximum Gasteiger partial charge on any atom is 0.387 e. The summed E-state index contributed by atoms with van der Waals surface area (Å²) in [5.74, 6) is 1.63. The molecule has 1 aliphatic heterocycles. The maximum absolute atomic E-state index is 12.8. The summed E-state index contributed by atoms with van der Waals surface area (Å²) in [6.45, 7) is 4.89. The Hall–Kier alpha value is -2.96. The van der Waals surface area contributed by atoms with E-state index in [0.29, 0.717) is 18.0 Å². The van der Waals surface area contributed by atoms with Gasteiger partial charge in [-0.15, -0.1) is 0 Å². The van der Waals surface area contributed by atoms with E-state index >= 15 is 0 Å². The van der Waals surface area contributed by atoms with Gasteiger partial charge >= 0.3 is 6.61 Å². The lowest BCUT2D eigenvalue weighted by Gasteiger charge is -2.33. The molecule has 0 bridgehead atoms. The number of piperidine rings is 1. The molecule has 0 spiro atoms. The molecular weight excluding hydrogens is 412 g/mol. The van der Waals surface area contributed by atoms with Gasteiger partial charge in [-0.05, 0) is 49.4 Å². The summed E-state index contributed by atoms with van der Waals surface area (Å²) in [5.41, 5.74) is 3.77. The molecule has 0 atom stereocenters. The highest BCUT2D eigenvalue weighted by atomic mass is 19.3. The Bertz CT molecular complexity index is 1100. The molecule has 1 aromatic heterocycles. The smallest absolute Gasteiger partial charge is 0.387 e. The van der Waals surface area contributed by atoms with Gasteiger partial charge in [0.15, 0.2) is 0 Å². The first-order valence-electron chi connectivity index (χ1n) is 11.1. The molecular formula is C25H29F2N3O2. The molecule has 170 valence electrons. The van der Waals surface area contributed by atoms with Gasteiger partial charge in [0.05, 0.1) is 17.6 Å². The van der Waals surface area contributed by atoms with Gasteiger partial charge in [0, 0.05) is 24.6 Å². The van der Waals surface area contributed by atoms with Gasteiger partial charge < -0.3 is 14.2 Å². The Morgan fingerprint density at radius 3 is 2.56 bits per heavy atom. The van der Waals surface area contributed by atoms with Crippen LogP contribution in [0.4, 0.5) is 8.78 Å². The summed E-state index contributed by atoms with van der Waals surface area (Å²) < 4.78 is 32.4. The van der Waals surface area contributed by atoms with Crippen molar-refractivity contribution in [1.82, 2.24) is 14.5 Å². The summed E-state index contributed by atoms with van der Waals surface area (Å²) in [6, 6.07) is 13.2. The molecule has 3 aromatic rings. The van der Waals surface area contributed by atoms with Crippen LogP contribution in [0.15, 0.2) is 42.5 Å². The quantitative estimate of drug-likeness (QED) is 0.518. The Labute approximate surface area is 187 Å². The van der Waals surface area contributed by atoms with Crippen molar-refractivity contribution in [1.29, 1.82) is 0 Å². The topological polar surface area (TPSA) is 47.4 Å². The molecule has 1 amide bonds. The lowest BCUT2D eigenvalue weighted by atomic mass is 9.89. The van der Waals surface area contributed by atoms with Crippen LogP contribution in [0.5, 0.6) is 5.75 Å². The number of alkyl halides is 2. The highest BCUT2D eigenvalue weighted by Crippen LogP contribution is 2.32. The van der Waals surface area contributed by atoms with Gasteiger partial charge in [0.25, 0.3) is 0 Å². The fourth-order valence-electron chi connectivity index (χ4n) is 4.53. The number of halogens is 2. The van der Waals surface area contributed by atoms with Crippen molar-refractivity contribution in [3.05, 3.63) is 59.4 Å². The molecule has 1 aliphatic rings. The van der Waals surface area contributed by atoms with Crippen molar-refractivity contribution in [2.75, 3.05) is 13.1 Å². The number of carbonyl (C=O) groups excluding carboxylic acids is 1. The third-order valence-electron chi connectivity index (χ3n) is 6.25. The number of carbonyl (C=O) groups is 1. The van der Waals surface area contributed by atoms with Crippen LogP contribution in [-0.4, -0.2) is 40.1 Å². The molecule has 0 saturated carbocycles. The fourth-order valence-corrected chi connectivity index (χ4v) is 4.53. The summed E-state index contributed by atoms with van der Waals surface area (Å²) in [5, 5.41) is 0. The van der Waals surface area contributed by atoms with E-state index in [1.807, 2.05) is 42.4 Å². The average Bonchev–Trinajstić information content (AvgIpc) is 3.08. The van der Waals surface area contributed by atoms with Gasteiger partial charge in [-0.3, -0.25) is 4.79 Å². The summed E-state index contributed by atoms with van der Waals surface area (Å²) >= 11 is 0. The van der Waals surface area contributed by atoms with Crippen LogP contribution in [0.1, 0.15) is 49.6 Å². The molecule has 1 fully saturated rings. The van der Waals surface area contributed by atoms with Gasteiger partial charge in [-0.1, -0.05) is 38.1 Å². The Morgan fingerprint density at radius 1 is 1.16 bits per heavy atom. The number of hydrogen-bond acceptors (Lipinski definition) is 3. The van der Waals surface area contributed by atoms with Crippen LogP contribution in [0, 0.1) is 12.8 Å². The summed E-state index contributed by atoms with van der Waals surface area (Å²) in [4.78, 5) is 18.9. The number of para-hydroxylation sites is 1. The number of nitrogens with zero attached hydrogens (tertiary/aromatic N) is 3. The number of aryl methyl sites for hydroxylation is 1. The molecule has 2 heterocycles. The molecule has 7 heteroatoms. The Balaban J connectivity index is 1.58. The minimum atomic E-state index is -2.86.